The fraction of sp³-hybridized carbons (Fsp3) is 0.250. The van der Waals surface area contributed by atoms with Gasteiger partial charge in [-0.3, -0.25) is 4.79 Å². The number of hydrogen-bond donors (Lipinski definition) is 1. The molecule has 0 radical (unpaired) electrons. The Bertz CT molecular complexity index is 680. The molecule has 0 aliphatic rings. The molecule has 1 unspecified atom stereocenters. The molecule has 122 valence electrons. The Labute approximate surface area is 147 Å². The van der Waals surface area contributed by atoms with Crippen molar-refractivity contribution in [2.45, 2.75) is 17.2 Å². The van der Waals surface area contributed by atoms with E-state index in [2.05, 4.69) is 26.2 Å². The van der Waals surface area contributed by atoms with Gasteiger partial charge in [0.2, 0.25) is 5.91 Å². The lowest BCUT2D eigenvalue weighted by Gasteiger charge is -2.13. The normalized spacial score (nSPS) is 11.7. The fourth-order valence-electron chi connectivity index (χ4n) is 1.82. The standard InChI is InChI=1S/C16H17BrN2O3S/c1-10(23-15-7-4-11(17)9-18-15)16(20)19-12-5-6-13(21-2)14(8-12)22-3/h4-10H,1-3H3,(H,19,20). The Morgan fingerprint density at radius 3 is 2.57 bits per heavy atom. The van der Waals surface area contributed by atoms with Crippen LogP contribution >= 0.6 is 27.7 Å². The molecule has 1 N–H and O–H groups in total. The van der Waals surface area contributed by atoms with Crippen molar-refractivity contribution in [1.29, 1.82) is 0 Å². The third-order valence-corrected chi connectivity index (χ3v) is 4.54. The second kappa shape index (κ2) is 8.21. The van der Waals surface area contributed by atoms with Crippen LogP contribution in [0.1, 0.15) is 6.92 Å². The topological polar surface area (TPSA) is 60.5 Å². The SMILES string of the molecule is COc1ccc(NC(=O)C(C)Sc2ccc(Br)cn2)cc1OC. The van der Waals surface area contributed by atoms with Gasteiger partial charge in [0.25, 0.3) is 0 Å². The number of ether oxygens (including phenoxy) is 2. The van der Waals surface area contributed by atoms with E-state index in [1.807, 2.05) is 19.1 Å². The Morgan fingerprint density at radius 1 is 1.22 bits per heavy atom. The van der Waals surface area contributed by atoms with Crippen LogP contribution in [0.15, 0.2) is 46.0 Å². The molecule has 0 bridgehead atoms. The number of aromatic nitrogens is 1. The maximum Gasteiger partial charge on any atom is 0.237 e. The van der Waals surface area contributed by atoms with Gasteiger partial charge in [0.05, 0.1) is 24.5 Å². The molecule has 0 fully saturated rings. The molecule has 1 aromatic heterocycles. The lowest BCUT2D eigenvalue weighted by atomic mass is 10.2. The predicted octanol–water partition coefficient (Wildman–Crippen LogP) is 3.98. The summed E-state index contributed by atoms with van der Waals surface area (Å²) >= 11 is 4.73. The number of nitrogens with zero attached hydrogens (tertiary/aromatic N) is 1. The zero-order valence-corrected chi connectivity index (χ0v) is 15.4. The Hall–Kier alpha value is -1.73. The van der Waals surface area contributed by atoms with Crippen molar-refractivity contribution in [2.24, 2.45) is 0 Å². The van der Waals surface area contributed by atoms with E-state index >= 15 is 0 Å². The van der Waals surface area contributed by atoms with Gasteiger partial charge in [-0.25, -0.2) is 4.98 Å². The smallest absolute Gasteiger partial charge is 0.237 e. The van der Waals surface area contributed by atoms with Crippen LogP contribution in [0.5, 0.6) is 11.5 Å². The Balaban J connectivity index is 2.01. The molecular formula is C16H17BrN2O3S. The number of pyridine rings is 1. The van der Waals surface area contributed by atoms with E-state index in [-0.39, 0.29) is 11.2 Å². The molecule has 0 saturated carbocycles. The number of amides is 1. The molecule has 5 nitrogen and oxygen atoms in total. The number of carbonyl (C=O) groups excluding carboxylic acids is 1. The first kappa shape index (κ1) is 17.6. The van der Waals surface area contributed by atoms with Crippen molar-refractivity contribution >= 4 is 39.3 Å². The summed E-state index contributed by atoms with van der Waals surface area (Å²) in [7, 11) is 3.13. The van der Waals surface area contributed by atoms with Crippen molar-refractivity contribution < 1.29 is 14.3 Å². The van der Waals surface area contributed by atoms with Gasteiger partial charge in [0.15, 0.2) is 11.5 Å². The van der Waals surface area contributed by atoms with Crippen LogP contribution in [0, 0.1) is 0 Å². The molecule has 1 atom stereocenters. The van der Waals surface area contributed by atoms with Crippen LogP contribution < -0.4 is 14.8 Å². The van der Waals surface area contributed by atoms with Crippen LogP contribution in [-0.2, 0) is 4.79 Å². The van der Waals surface area contributed by atoms with Gasteiger partial charge in [0.1, 0.15) is 0 Å². The van der Waals surface area contributed by atoms with Crippen molar-refractivity contribution in [3.63, 3.8) is 0 Å². The van der Waals surface area contributed by atoms with Crippen LogP contribution in [0.3, 0.4) is 0 Å². The summed E-state index contributed by atoms with van der Waals surface area (Å²) in [6.07, 6.45) is 1.71. The molecule has 2 rings (SSSR count). The van der Waals surface area contributed by atoms with Gasteiger partial charge >= 0.3 is 0 Å². The third kappa shape index (κ3) is 4.87. The zero-order valence-electron chi connectivity index (χ0n) is 13.0. The molecule has 1 amide bonds. The number of methoxy groups -OCH3 is 2. The second-order valence-electron chi connectivity index (χ2n) is 4.63. The van der Waals surface area contributed by atoms with E-state index in [4.69, 9.17) is 9.47 Å². The molecular weight excluding hydrogens is 380 g/mol. The summed E-state index contributed by atoms with van der Waals surface area (Å²) in [5.74, 6) is 1.08. The van der Waals surface area contributed by atoms with Crippen molar-refractivity contribution in [3.8, 4) is 11.5 Å². The van der Waals surface area contributed by atoms with Crippen molar-refractivity contribution in [3.05, 3.63) is 41.0 Å². The third-order valence-electron chi connectivity index (χ3n) is 3.02. The maximum atomic E-state index is 12.3. The highest BCUT2D eigenvalue weighted by molar-refractivity contribution is 9.10. The monoisotopic (exact) mass is 396 g/mol. The maximum absolute atomic E-state index is 12.3. The number of anilines is 1. The van der Waals surface area contributed by atoms with Crippen molar-refractivity contribution in [2.75, 3.05) is 19.5 Å². The summed E-state index contributed by atoms with van der Waals surface area (Å²) in [4.78, 5) is 16.6. The minimum Gasteiger partial charge on any atom is -0.493 e. The summed E-state index contributed by atoms with van der Waals surface area (Å²) in [5.41, 5.74) is 0.656. The van der Waals surface area contributed by atoms with Gasteiger partial charge in [-0.15, -0.1) is 0 Å². The lowest BCUT2D eigenvalue weighted by Crippen LogP contribution is -2.22. The largest absolute Gasteiger partial charge is 0.493 e. The van der Waals surface area contributed by atoms with E-state index in [0.717, 1.165) is 9.50 Å². The second-order valence-corrected chi connectivity index (χ2v) is 6.91. The van der Waals surface area contributed by atoms with Crippen LogP contribution in [0.4, 0.5) is 5.69 Å². The number of thioether (sulfide) groups is 1. The average molecular weight is 397 g/mol. The number of halogens is 1. The molecule has 23 heavy (non-hydrogen) atoms. The molecule has 0 spiro atoms. The minimum atomic E-state index is -0.281. The molecule has 1 heterocycles. The molecule has 0 aliphatic heterocycles. The van der Waals surface area contributed by atoms with E-state index in [9.17, 15) is 4.79 Å². The number of benzene rings is 1. The average Bonchev–Trinajstić information content (AvgIpc) is 2.56. The van der Waals surface area contributed by atoms with Gasteiger partial charge in [-0.1, -0.05) is 11.8 Å². The molecule has 7 heteroatoms. The number of carbonyl (C=O) groups is 1. The van der Waals surface area contributed by atoms with E-state index < -0.39 is 0 Å². The van der Waals surface area contributed by atoms with Crippen LogP contribution in [-0.4, -0.2) is 30.4 Å². The number of rotatable bonds is 6. The molecule has 0 saturated heterocycles. The Morgan fingerprint density at radius 2 is 1.96 bits per heavy atom. The first-order chi connectivity index (χ1) is 11.0. The molecule has 1 aromatic carbocycles. The first-order valence-electron chi connectivity index (χ1n) is 6.84. The van der Waals surface area contributed by atoms with E-state index in [1.165, 1.54) is 11.8 Å². The molecule has 2 aromatic rings. The van der Waals surface area contributed by atoms with Gasteiger partial charge < -0.3 is 14.8 Å². The van der Waals surface area contributed by atoms with E-state index in [1.54, 1.807) is 38.6 Å². The minimum absolute atomic E-state index is 0.105. The quantitative estimate of drug-likeness (QED) is 0.748. The van der Waals surface area contributed by atoms with Gasteiger partial charge in [-0.05, 0) is 47.1 Å². The van der Waals surface area contributed by atoms with Crippen LogP contribution in [0.2, 0.25) is 0 Å². The van der Waals surface area contributed by atoms with Gasteiger partial charge in [-0.2, -0.15) is 0 Å². The summed E-state index contributed by atoms with van der Waals surface area (Å²) < 4.78 is 11.3. The van der Waals surface area contributed by atoms with Crippen LogP contribution in [0.25, 0.3) is 0 Å². The summed E-state index contributed by atoms with van der Waals surface area (Å²) in [5, 5.41) is 3.38. The van der Waals surface area contributed by atoms with E-state index in [0.29, 0.717) is 17.2 Å². The highest BCUT2D eigenvalue weighted by atomic mass is 79.9. The highest BCUT2D eigenvalue weighted by Crippen LogP contribution is 2.30. The molecule has 0 aliphatic carbocycles. The highest BCUT2D eigenvalue weighted by Gasteiger charge is 2.16. The summed E-state index contributed by atoms with van der Waals surface area (Å²) in [6, 6.07) is 9.02. The van der Waals surface area contributed by atoms with Gasteiger partial charge in [0, 0.05) is 22.4 Å². The first-order valence-corrected chi connectivity index (χ1v) is 8.52. The summed E-state index contributed by atoms with van der Waals surface area (Å²) in [6.45, 7) is 1.84. The van der Waals surface area contributed by atoms with Crippen molar-refractivity contribution in [1.82, 2.24) is 4.98 Å². The number of nitrogens with one attached hydrogen (secondary N) is 1. The zero-order chi connectivity index (χ0) is 16.8. The fourth-order valence-corrected chi connectivity index (χ4v) is 2.85. The Kier molecular flexibility index (Phi) is 6.29. The predicted molar refractivity (Wildman–Crippen MR) is 95.4 cm³/mol. The lowest BCUT2D eigenvalue weighted by molar-refractivity contribution is -0.115. The number of hydrogen-bond acceptors (Lipinski definition) is 5.